The van der Waals surface area contributed by atoms with Gasteiger partial charge in [-0.1, -0.05) is 159 Å². The lowest BCUT2D eigenvalue weighted by Gasteiger charge is -2.35. The maximum absolute atomic E-state index is 5.89. The molecule has 0 amide bonds. The molecule has 10 rings (SSSR count). The van der Waals surface area contributed by atoms with Crippen LogP contribution in [0.4, 0.5) is 0 Å². The summed E-state index contributed by atoms with van der Waals surface area (Å²) in [7, 11) is 0. The van der Waals surface area contributed by atoms with E-state index in [9.17, 15) is 0 Å². The Morgan fingerprint density at radius 2 is 1.21 bits per heavy atom. The van der Waals surface area contributed by atoms with Crippen molar-refractivity contribution in [2.24, 2.45) is 10.7 Å². The maximum atomic E-state index is 5.89. The number of allylic oxidation sites excluding steroid dienone is 2. The van der Waals surface area contributed by atoms with Crippen molar-refractivity contribution in [3.8, 4) is 22.3 Å². The second kappa shape index (κ2) is 13.4. The molecule has 0 bridgehead atoms. The summed E-state index contributed by atoms with van der Waals surface area (Å²) in [6.45, 7) is 4.00. The summed E-state index contributed by atoms with van der Waals surface area (Å²) in [6, 6.07) is 58.3. The number of fused-ring (bicyclic) bond motifs is 12. The Bertz CT molecular complexity index is 2560. The third kappa shape index (κ3) is 5.12. The van der Waals surface area contributed by atoms with E-state index in [1.54, 1.807) is 6.20 Å². The molecule has 0 aromatic heterocycles. The molecule has 53 heavy (non-hydrogen) atoms. The number of hydrogen-bond donors (Lipinski definition) is 1. The molecule has 0 atom stereocenters. The Morgan fingerprint density at radius 3 is 1.91 bits per heavy atom. The zero-order valence-corrected chi connectivity index (χ0v) is 30.3. The molecule has 7 aromatic carbocycles. The molecule has 0 aliphatic heterocycles. The predicted molar refractivity (Wildman–Crippen MR) is 225 cm³/mol. The van der Waals surface area contributed by atoms with Gasteiger partial charge in [-0.25, -0.2) is 0 Å². The lowest BCUT2D eigenvalue weighted by molar-refractivity contribution is 0.836. The third-order valence-corrected chi connectivity index (χ3v) is 11.3. The first-order valence-corrected chi connectivity index (χ1v) is 18.9. The highest BCUT2D eigenvalue weighted by Gasteiger charge is 2.54. The normalized spacial score (nSPS) is 14.7. The summed E-state index contributed by atoms with van der Waals surface area (Å²) in [5.74, 6) is 0. The molecule has 0 saturated carbocycles. The van der Waals surface area contributed by atoms with Gasteiger partial charge in [-0.3, -0.25) is 4.99 Å². The Kier molecular flexibility index (Phi) is 8.24. The fourth-order valence-corrected chi connectivity index (χ4v) is 9.10. The molecular weight excluding hydrogens is 641 g/mol. The SMILES string of the molecule is CC.N/C=C(\N=CCc1ccc(-c2ccc3c(c2)CCC2=C3C3(c4cc5ccccc5cc42)c2ccccc2-c2ccccc23)cc1)c1ccccc1. The monoisotopic (exact) mass is 682 g/mol. The van der Waals surface area contributed by atoms with Crippen molar-refractivity contribution in [3.63, 3.8) is 0 Å². The van der Waals surface area contributed by atoms with Crippen LogP contribution in [0.3, 0.4) is 0 Å². The first-order valence-electron chi connectivity index (χ1n) is 18.9. The van der Waals surface area contributed by atoms with Gasteiger partial charge < -0.3 is 5.73 Å². The molecule has 0 heterocycles. The fraction of sp³-hybridized carbons (Fsp3) is 0.118. The highest BCUT2D eigenvalue weighted by Crippen LogP contribution is 2.66. The van der Waals surface area contributed by atoms with E-state index in [0.29, 0.717) is 0 Å². The number of nitrogens with two attached hydrogens (primary N) is 1. The summed E-state index contributed by atoms with van der Waals surface area (Å²) in [4.78, 5) is 4.66. The quantitative estimate of drug-likeness (QED) is 0.180. The van der Waals surface area contributed by atoms with Crippen molar-refractivity contribution in [3.05, 3.63) is 208 Å². The van der Waals surface area contributed by atoms with Gasteiger partial charge in [0.25, 0.3) is 0 Å². The standard InChI is InChI=1S/C49H36N2.C2H6/c50-31-47(34-10-2-1-3-11-34)51-27-26-32-18-20-33(21-19-32)37-22-24-39-38(28-37)23-25-42-43-29-35-12-4-5-13-36(35)30-46(43)49(48(39)42)44-16-8-6-14-40(44)41-15-7-9-17-45(41)49;1-2/h1-22,24,27-31H,23,25-26,50H2;1-2H3/b47-31-,51-27?;. The van der Waals surface area contributed by atoms with Crippen LogP contribution in [-0.2, 0) is 18.3 Å². The molecule has 1 spiro atoms. The number of aliphatic imine (C=N–C) groups is 1. The summed E-state index contributed by atoms with van der Waals surface area (Å²) < 4.78 is 0. The number of rotatable bonds is 5. The molecule has 3 aliphatic rings. The molecule has 2 heteroatoms. The smallest absolute Gasteiger partial charge is 0.0852 e. The third-order valence-electron chi connectivity index (χ3n) is 11.3. The van der Waals surface area contributed by atoms with E-state index < -0.39 is 0 Å². The van der Waals surface area contributed by atoms with E-state index in [0.717, 1.165) is 30.5 Å². The van der Waals surface area contributed by atoms with Crippen molar-refractivity contribution in [1.29, 1.82) is 0 Å². The average molecular weight is 683 g/mol. The van der Waals surface area contributed by atoms with Crippen LogP contribution >= 0.6 is 0 Å². The molecule has 3 aliphatic carbocycles. The Labute approximate surface area is 312 Å². The molecule has 2 nitrogen and oxygen atoms in total. The van der Waals surface area contributed by atoms with Crippen molar-refractivity contribution in [2.45, 2.75) is 38.5 Å². The molecular formula is C51H42N2. The van der Waals surface area contributed by atoms with Crippen LogP contribution in [0.15, 0.2) is 169 Å². The van der Waals surface area contributed by atoms with Gasteiger partial charge in [-0.15, -0.1) is 0 Å². The van der Waals surface area contributed by atoms with E-state index in [-0.39, 0.29) is 5.41 Å². The number of hydrogen-bond acceptors (Lipinski definition) is 2. The minimum Gasteiger partial charge on any atom is -0.403 e. The summed E-state index contributed by atoms with van der Waals surface area (Å²) in [5.41, 5.74) is 25.2. The molecule has 0 radical (unpaired) electrons. The van der Waals surface area contributed by atoms with Crippen molar-refractivity contribution in [1.82, 2.24) is 0 Å². The fourth-order valence-electron chi connectivity index (χ4n) is 9.10. The Morgan fingerprint density at radius 1 is 0.585 bits per heavy atom. The second-order valence-electron chi connectivity index (χ2n) is 13.9. The van der Waals surface area contributed by atoms with E-state index in [2.05, 4.69) is 132 Å². The van der Waals surface area contributed by atoms with Gasteiger partial charge in [0.2, 0.25) is 0 Å². The summed E-state index contributed by atoms with van der Waals surface area (Å²) in [6.07, 6.45) is 6.32. The van der Waals surface area contributed by atoms with Gasteiger partial charge in [0.15, 0.2) is 0 Å². The first kappa shape index (κ1) is 32.6. The zero-order valence-electron chi connectivity index (χ0n) is 30.3. The highest BCUT2D eigenvalue weighted by molar-refractivity contribution is 6.12. The van der Waals surface area contributed by atoms with Crippen LogP contribution in [0, 0.1) is 0 Å². The predicted octanol–water partition coefficient (Wildman–Crippen LogP) is 12.3. The van der Waals surface area contributed by atoms with Gasteiger partial charge in [-0.2, -0.15) is 0 Å². The number of aryl methyl sites for hydroxylation is 1. The van der Waals surface area contributed by atoms with Crippen LogP contribution in [-0.4, -0.2) is 6.21 Å². The maximum Gasteiger partial charge on any atom is 0.0852 e. The largest absolute Gasteiger partial charge is 0.403 e. The molecule has 256 valence electrons. The van der Waals surface area contributed by atoms with E-state index in [4.69, 9.17) is 5.73 Å². The molecule has 0 saturated heterocycles. The van der Waals surface area contributed by atoms with E-state index in [1.165, 1.54) is 83.1 Å². The van der Waals surface area contributed by atoms with Crippen molar-refractivity contribution < 1.29 is 0 Å². The average Bonchev–Trinajstić information content (AvgIpc) is 3.69. The van der Waals surface area contributed by atoms with Crippen LogP contribution in [0.25, 0.3) is 49.9 Å². The minimum absolute atomic E-state index is 0.346. The number of nitrogens with zero attached hydrogens (tertiary/aromatic N) is 1. The lowest BCUT2D eigenvalue weighted by Crippen LogP contribution is -2.27. The van der Waals surface area contributed by atoms with Crippen LogP contribution < -0.4 is 5.73 Å². The Hall–Kier alpha value is -6.25. The van der Waals surface area contributed by atoms with Gasteiger partial charge >= 0.3 is 0 Å². The van der Waals surface area contributed by atoms with Crippen molar-refractivity contribution >= 4 is 33.8 Å². The second-order valence-corrected chi connectivity index (χ2v) is 13.9. The van der Waals surface area contributed by atoms with Crippen LogP contribution in [0.5, 0.6) is 0 Å². The van der Waals surface area contributed by atoms with Crippen molar-refractivity contribution in [2.75, 3.05) is 0 Å². The molecule has 7 aromatic rings. The van der Waals surface area contributed by atoms with E-state index in [1.807, 2.05) is 50.4 Å². The summed E-state index contributed by atoms with van der Waals surface area (Å²) >= 11 is 0. The van der Waals surface area contributed by atoms with E-state index >= 15 is 0 Å². The summed E-state index contributed by atoms with van der Waals surface area (Å²) in [5, 5.41) is 2.61. The lowest BCUT2D eigenvalue weighted by atomic mass is 9.66. The first-order chi connectivity index (χ1) is 26.2. The molecule has 0 unspecified atom stereocenters. The highest BCUT2D eigenvalue weighted by atomic mass is 14.8. The topological polar surface area (TPSA) is 38.4 Å². The zero-order chi connectivity index (χ0) is 35.9. The Balaban J connectivity index is 0.00000183. The molecule has 0 fully saturated rings. The van der Waals surface area contributed by atoms with Gasteiger partial charge in [0, 0.05) is 24.4 Å². The van der Waals surface area contributed by atoms with Crippen LogP contribution in [0.1, 0.15) is 64.8 Å². The van der Waals surface area contributed by atoms with Gasteiger partial charge in [0.1, 0.15) is 0 Å². The number of benzene rings is 7. The minimum atomic E-state index is -0.346. The van der Waals surface area contributed by atoms with Crippen LogP contribution in [0.2, 0.25) is 0 Å². The van der Waals surface area contributed by atoms with Gasteiger partial charge in [-0.05, 0) is 108 Å². The molecule has 2 N–H and O–H groups in total. The van der Waals surface area contributed by atoms with Gasteiger partial charge in [0.05, 0.1) is 11.1 Å².